The largest absolute Gasteiger partial charge is 0.0979 e. The number of hydrogen-bond donors (Lipinski definition) is 0. The molecule has 0 aliphatic rings. The average Bonchev–Trinajstić information content (AvgIpc) is 2.27. The number of aryl methyl sites for hydroxylation is 1. The summed E-state index contributed by atoms with van der Waals surface area (Å²) in [6.45, 7) is 8.28. The summed E-state index contributed by atoms with van der Waals surface area (Å²) in [5.41, 5.74) is 2.42. The van der Waals surface area contributed by atoms with Crippen molar-refractivity contribution in [3.05, 3.63) is 35.4 Å². The molecular formula is C15H22. The summed E-state index contributed by atoms with van der Waals surface area (Å²) >= 11 is 0. The Morgan fingerprint density at radius 1 is 1.20 bits per heavy atom. The molecule has 1 rings (SSSR count). The lowest BCUT2D eigenvalue weighted by molar-refractivity contribution is 0.828. The highest BCUT2D eigenvalue weighted by Gasteiger charge is 1.85. The van der Waals surface area contributed by atoms with Gasteiger partial charge < -0.3 is 0 Å². The number of benzene rings is 1. The quantitative estimate of drug-likeness (QED) is 0.487. The molecule has 0 aliphatic heterocycles. The maximum atomic E-state index is 3.18. The van der Waals surface area contributed by atoms with Crippen LogP contribution in [0.2, 0.25) is 0 Å². The van der Waals surface area contributed by atoms with E-state index in [1.54, 1.807) is 0 Å². The van der Waals surface area contributed by atoms with Gasteiger partial charge in [-0.25, -0.2) is 0 Å². The number of unbranched alkanes of at least 4 members (excludes halogenated alkanes) is 2. The summed E-state index contributed by atoms with van der Waals surface area (Å²) in [4.78, 5) is 0. The Bertz CT molecular complexity index is 312. The molecule has 0 radical (unpaired) electrons. The smallest absolute Gasteiger partial charge is 0.0247 e. The molecule has 0 bridgehead atoms. The first-order chi connectivity index (χ1) is 7.33. The first kappa shape index (κ1) is 13.8. The van der Waals surface area contributed by atoms with Crippen LogP contribution in [0, 0.1) is 18.8 Å². The third-order valence-corrected chi connectivity index (χ3v) is 1.91. The van der Waals surface area contributed by atoms with Crippen molar-refractivity contribution in [1.82, 2.24) is 0 Å². The molecule has 82 valence electrons. The van der Waals surface area contributed by atoms with Gasteiger partial charge in [0.1, 0.15) is 0 Å². The Balaban J connectivity index is 0.000000921. The zero-order valence-electron chi connectivity index (χ0n) is 10.4. The van der Waals surface area contributed by atoms with Crippen molar-refractivity contribution in [3.63, 3.8) is 0 Å². The second-order valence-electron chi connectivity index (χ2n) is 3.27. The van der Waals surface area contributed by atoms with E-state index in [1.165, 1.54) is 18.4 Å². The molecule has 15 heavy (non-hydrogen) atoms. The Morgan fingerprint density at radius 3 is 2.53 bits per heavy atom. The van der Waals surface area contributed by atoms with Crippen LogP contribution in [0.4, 0.5) is 0 Å². The lowest BCUT2D eigenvalue weighted by Gasteiger charge is -1.92. The Kier molecular flexibility index (Phi) is 8.58. The standard InChI is InChI=1S/C13H16.C2H6/c1-3-4-5-6-9-13-10-7-8-12(2)11-13;1-2/h7-8,10-11H,3-5H2,1-2H3;1-2H3. The summed E-state index contributed by atoms with van der Waals surface area (Å²) in [6, 6.07) is 8.33. The first-order valence-corrected chi connectivity index (χ1v) is 5.88. The molecule has 0 unspecified atom stereocenters. The lowest BCUT2D eigenvalue weighted by atomic mass is 10.1. The fourth-order valence-corrected chi connectivity index (χ4v) is 1.15. The van der Waals surface area contributed by atoms with Gasteiger partial charge in [0.25, 0.3) is 0 Å². The van der Waals surface area contributed by atoms with Gasteiger partial charge in [0.2, 0.25) is 0 Å². The molecule has 0 N–H and O–H groups in total. The van der Waals surface area contributed by atoms with Crippen molar-refractivity contribution in [2.75, 3.05) is 0 Å². The van der Waals surface area contributed by atoms with Gasteiger partial charge in [-0.15, -0.1) is 0 Å². The second-order valence-corrected chi connectivity index (χ2v) is 3.27. The molecule has 0 heterocycles. The highest BCUT2D eigenvalue weighted by molar-refractivity contribution is 5.36. The lowest BCUT2D eigenvalue weighted by Crippen LogP contribution is -1.76. The molecule has 0 heteroatoms. The predicted octanol–water partition coefficient (Wildman–Crippen LogP) is 4.56. The Labute approximate surface area is 94.7 Å². The summed E-state index contributed by atoms with van der Waals surface area (Å²) in [5.74, 6) is 6.35. The minimum Gasteiger partial charge on any atom is -0.0979 e. The monoisotopic (exact) mass is 202 g/mol. The van der Waals surface area contributed by atoms with Gasteiger partial charge in [-0.2, -0.15) is 0 Å². The topological polar surface area (TPSA) is 0 Å². The summed E-state index contributed by atoms with van der Waals surface area (Å²) in [7, 11) is 0. The highest BCUT2D eigenvalue weighted by atomic mass is 13.9. The molecule has 0 saturated heterocycles. The predicted molar refractivity (Wildman–Crippen MR) is 68.9 cm³/mol. The Morgan fingerprint density at radius 2 is 1.93 bits per heavy atom. The molecule has 0 aromatic heterocycles. The molecule has 0 saturated carbocycles. The normalized spacial score (nSPS) is 8.27. The van der Waals surface area contributed by atoms with Crippen LogP contribution < -0.4 is 0 Å². The van der Waals surface area contributed by atoms with Gasteiger partial charge in [0, 0.05) is 12.0 Å². The summed E-state index contributed by atoms with van der Waals surface area (Å²) in [6.07, 6.45) is 3.45. The third-order valence-electron chi connectivity index (χ3n) is 1.91. The van der Waals surface area contributed by atoms with E-state index in [1.807, 2.05) is 13.8 Å². The van der Waals surface area contributed by atoms with Crippen LogP contribution >= 0.6 is 0 Å². The highest BCUT2D eigenvalue weighted by Crippen LogP contribution is 2.02. The molecule has 0 spiro atoms. The summed E-state index contributed by atoms with van der Waals surface area (Å²) < 4.78 is 0. The van der Waals surface area contributed by atoms with Crippen molar-refractivity contribution in [2.24, 2.45) is 0 Å². The fourth-order valence-electron chi connectivity index (χ4n) is 1.15. The molecular weight excluding hydrogens is 180 g/mol. The molecule has 0 amide bonds. The average molecular weight is 202 g/mol. The van der Waals surface area contributed by atoms with E-state index in [-0.39, 0.29) is 0 Å². The van der Waals surface area contributed by atoms with E-state index in [4.69, 9.17) is 0 Å². The van der Waals surface area contributed by atoms with Crippen LogP contribution in [0.5, 0.6) is 0 Å². The first-order valence-electron chi connectivity index (χ1n) is 5.88. The maximum Gasteiger partial charge on any atom is 0.0247 e. The van der Waals surface area contributed by atoms with Crippen LogP contribution in [0.15, 0.2) is 24.3 Å². The molecule has 1 aromatic rings. The van der Waals surface area contributed by atoms with Crippen LogP contribution in [0.1, 0.15) is 51.2 Å². The molecule has 0 aliphatic carbocycles. The Hall–Kier alpha value is -1.22. The SMILES string of the molecule is CC.CCCCC#Cc1cccc(C)c1. The minimum absolute atomic E-state index is 1.02. The van der Waals surface area contributed by atoms with Gasteiger partial charge in [0.15, 0.2) is 0 Å². The van der Waals surface area contributed by atoms with Crippen LogP contribution in [0.3, 0.4) is 0 Å². The minimum atomic E-state index is 1.02. The van der Waals surface area contributed by atoms with Crippen molar-refractivity contribution in [1.29, 1.82) is 0 Å². The van der Waals surface area contributed by atoms with Crippen LogP contribution in [-0.4, -0.2) is 0 Å². The van der Waals surface area contributed by atoms with Crippen LogP contribution in [0.25, 0.3) is 0 Å². The maximum absolute atomic E-state index is 3.18. The van der Waals surface area contributed by atoms with Crippen molar-refractivity contribution in [2.45, 2.75) is 47.0 Å². The van der Waals surface area contributed by atoms with Gasteiger partial charge in [0.05, 0.1) is 0 Å². The summed E-state index contributed by atoms with van der Waals surface area (Å²) in [5, 5.41) is 0. The zero-order valence-corrected chi connectivity index (χ0v) is 10.4. The molecule has 1 aromatic carbocycles. The molecule has 0 atom stereocenters. The van der Waals surface area contributed by atoms with Gasteiger partial charge in [-0.1, -0.05) is 51.2 Å². The van der Waals surface area contributed by atoms with Crippen molar-refractivity contribution < 1.29 is 0 Å². The van der Waals surface area contributed by atoms with E-state index < -0.39 is 0 Å². The van der Waals surface area contributed by atoms with Crippen molar-refractivity contribution in [3.8, 4) is 11.8 Å². The van der Waals surface area contributed by atoms with Gasteiger partial charge >= 0.3 is 0 Å². The van der Waals surface area contributed by atoms with Gasteiger partial charge in [-0.3, -0.25) is 0 Å². The van der Waals surface area contributed by atoms with Gasteiger partial charge in [-0.05, 0) is 31.0 Å². The number of hydrogen-bond acceptors (Lipinski definition) is 0. The van der Waals surface area contributed by atoms with E-state index >= 15 is 0 Å². The van der Waals surface area contributed by atoms with Crippen LogP contribution in [-0.2, 0) is 0 Å². The van der Waals surface area contributed by atoms with E-state index in [0.29, 0.717) is 0 Å². The fraction of sp³-hybridized carbons (Fsp3) is 0.467. The van der Waals surface area contributed by atoms with Crippen molar-refractivity contribution >= 4 is 0 Å². The van der Waals surface area contributed by atoms with E-state index in [9.17, 15) is 0 Å². The second kappa shape index (κ2) is 9.34. The van der Waals surface area contributed by atoms with E-state index in [0.717, 1.165) is 12.0 Å². The third kappa shape index (κ3) is 6.80. The molecule has 0 nitrogen and oxygen atoms in total. The number of rotatable bonds is 2. The zero-order chi connectivity index (χ0) is 11.5. The van der Waals surface area contributed by atoms with E-state index in [2.05, 4.69) is 50.0 Å². The molecule has 0 fully saturated rings.